The topological polar surface area (TPSA) is 84.6 Å². The molecule has 0 saturated heterocycles. The summed E-state index contributed by atoms with van der Waals surface area (Å²) in [7, 11) is 0. The van der Waals surface area contributed by atoms with Gasteiger partial charge in [0.15, 0.2) is 6.04 Å². The lowest BCUT2D eigenvalue weighted by atomic mass is 9.88. The zero-order chi connectivity index (χ0) is 10.8. The minimum atomic E-state index is -1.11. The van der Waals surface area contributed by atoms with Crippen LogP contribution in [-0.4, -0.2) is 23.7 Å². The standard InChI is InChI=1S/C10H15N3O2/c11-7-9(14)12-8(13-10(7)15)6-4-2-1-3-5-6/h6-7H,1-5,11H2,(H,12,13,14,15). The van der Waals surface area contributed by atoms with Gasteiger partial charge in [0.2, 0.25) is 0 Å². The average Bonchev–Trinajstić information content (AvgIpc) is 2.26. The van der Waals surface area contributed by atoms with Gasteiger partial charge in [-0.1, -0.05) is 19.3 Å². The van der Waals surface area contributed by atoms with Crippen LogP contribution in [0.15, 0.2) is 4.99 Å². The van der Waals surface area contributed by atoms with E-state index >= 15 is 0 Å². The fraction of sp³-hybridized carbons (Fsp3) is 0.700. The van der Waals surface area contributed by atoms with E-state index in [4.69, 9.17) is 5.73 Å². The maximum atomic E-state index is 11.3. The number of nitrogens with zero attached hydrogens (tertiary/aromatic N) is 1. The number of hydrogen-bond acceptors (Lipinski definition) is 3. The molecule has 1 aliphatic carbocycles. The second-order valence-corrected chi connectivity index (χ2v) is 4.14. The molecule has 0 aromatic carbocycles. The van der Waals surface area contributed by atoms with Crippen molar-refractivity contribution < 1.29 is 9.59 Å². The number of aliphatic imine (C=N–C) groups is 1. The Balaban J connectivity index is 2.12. The van der Waals surface area contributed by atoms with Gasteiger partial charge in [0.05, 0.1) is 0 Å². The van der Waals surface area contributed by atoms with E-state index in [0.29, 0.717) is 5.84 Å². The Kier molecular flexibility index (Phi) is 2.81. The van der Waals surface area contributed by atoms with Crippen molar-refractivity contribution in [3.8, 4) is 0 Å². The van der Waals surface area contributed by atoms with E-state index in [9.17, 15) is 9.59 Å². The lowest BCUT2D eigenvalue weighted by molar-refractivity contribution is -0.129. The van der Waals surface area contributed by atoms with Crippen LogP contribution < -0.4 is 11.1 Å². The minimum Gasteiger partial charge on any atom is -0.312 e. The second-order valence-electron chi connectivity index (χ2n) is 4.14. The van der Waals surface area contributed by atoms with Crippen LogP contribution in [0.2, 0.25) is 0 Å². The molecule has 0 aromatic heterocycles. The normalized spacial score (nSPS) is 28.6. The molecule has 0 aromatic rings. The summed E-state index contributed by atoms with van der Waals surface area (Å²) in [6, 6.07) is -1.11. The summed E-state index contributed by atoms with van der Waals surface area (Å²) < 4.78 is 0. The van der Waals surface area contributed by atoms with Crippen LogP contribution in [0, 0.1) is 5.92 Å². The van der Waals surface area contributed by atoms with Gasteiger partial charge < -0.3 is 11.1 Å². The first kappa shape index (κ1) is 10.3. The van der Waals surface area contributed by atoms with E-state index in [0.717, 1.165) is 25.7 Å². The van der Waals surface area contributed by atoms with Crippen molar-refractivity contribution in [3.05, 3.63) is 0 Å². The fourth-order valence-electron chi connectivity index (χ4n) is 2.10. The molecule has 15 heavy (non-hydrogen) atoms. The van der Waals surface area contributed by atoms with Crippen molar-refractivity contribution in [2.24, 2.45) is 16.6 Å². The molecule has 1 saturated carbocycles. The molecule has 0 radical (unpaired) electrons. The van der Waals surface area contributed by atoms with Crippen molar-refractivity contribution in [2.45, 2.75) is 38.1 Å². The van der Waals surface area contributed by atoms with E-state index in [1.807, 2.05) is 0 Å². The van der Waals surface area contributed by atoms with E-state index < -0.39 is 17.9 Å². The van der Waals surface area contributed by atoms with Gasteiger partial charge >= 0.3 is 0 Å². The lowest BCUT2D eigenvalue weighted by Crippen LogP contribution is -2.53. The van der Waals surface area contributed by atoms with Crippen molar-refractivity contribution in [2.75, 3.05) is 0 Å². The van der Waals surface area contributed by atoms with Gasteiger partial charge in [-0.15, -0.1) is 0 Å². The Morgan fingerprint density at radius 2 is 1.87 bits per heavy atom. The summed E-state index contributed by atoms with van der Waals surface area (Å²) in [6.07, 6.45) is 5.51. The maximum absolute atomic E-state index is 11.3. The van der Waals surface area contributed by atoms with Crippen molar-refractivity contribution in [1.82, 2.24) is 5.32 Å². The van der Waals surface area contributed by atoms with E-state index in [1.54, 1.807) is 0 Å². The molecular weight excluding hydrogens is 194 g/mol. The molecule has 1 aliphatic heterocycles. The fourth-order valence-corrected chi connectivity index (χ4v) is 2.10. The highest BCUT2D eigenvalue weighted by Gasteiger charge is 2.31. The molecule has 5 heteroatoms. The number of nitrogens with one attached hydrogen (secondary N) is 1. The molecule has 2 rings (SSSR count). The van der Waals surface area contributed by atoms with Crippen molar-refractivity contribution in [3.63, 3.8) is 0 Å². The summed E-state index contributed by atoms with van der Waals surface area (Å²) in [6.45, 7) is 0. The van der Waals surface area contributed by atoms with Gasteiger partial charge in [0, 0.05) is 5.92 Å². The van der Waals surface area contributed by atoms with Crippen LogP contribution in [0.5, 0.6) is 0 Å². The first-order valence-corrected chi connectivity index (χ1v) is 5.37. The summed E-state index contributed by atoms with van der Waals surface area (Å²) in [4.78, 5) is 26.5. The molecule has 1 heterocycles. The Labute approximate surface area is 88.1 Å². The highest BCUT2D eigenvalue weighted by molar-refractivity contribution is 6.18. The van der Waals surface area contributed by atoms with Crippen LogP contribution in [0.25, 0.3) is 0 Å². The summed E-state index contributed by atoms with van der Waals surface area (Å²) in [5, 5.41) is 2.63. The van der Waals surface area contributed by atoms with Crippen LogP contribution in [0.4, 0.5) is 0 Å². The summed E-state index contributed by atoms with van der Waals surface area (Å²) >= 11 is 0. The van der Waals surface area contributed by atoms with Gasteiger partial charge in [0.1, 0.15) is 5.84 Å². The van der Waals surface area contributed by atoms with E-state index in [1.165, 1.54) is 6.42 Å². The Morgan fingerprint density at radius 3 is 2.47 bits per heavy atom. The van der Waals surface area contributed by atoms with Crippen LogP contribution in [0.3, 0.4) is 0 Å². The largest absolute Gasteiger partial charge is 0.312 e. The molecule has 0 spiro atoms. The van der Waals surface area contributed by atoms with Crippen LogP contribution in [-0.2, 0) is 9.59 Å². The number of rotatable bonds is 1. The third-order valence-corrected chi connectivity index (χ3v) is 3.02. The molecule has 5 nitrogen and oxygen atoms in total. The predicted molar refractivity (Wildman–Crippen MR) is 55.1 cm³/mol. The Bertz CT molecular complexity index is 319. The molecule has 1 atom stereocenters. The maximum Gasteiger partial charge on any atom is 0.273 e. The van der Waals surface area contributed by atoms with E-state index in [-0.39, 0.29) is 5.92 Å². The number of amidine groups is 1. The van der Waals surface area contributed by atoms with Gasteiger partial charge in [-0.3, -0.25) is 9.59 Å². The highest BCUT2D eigenvalue weighted by atomic mass is 16.2. The van der Waals surface area contributed by atoms with Crippen LogP contribution >= 0.6 is 0 Å². The molecule has 82 valence electrons. The first-order chi connectivity index (χ1) is 7.18. The Morgan fingerprint density at radius 1 is 1.20 bits per heavy atom. The number of hydrogen-bond donors (Lipinski definition) is 2. The third kappa shape index (κ3) is 2.07. The number of carbonyl (C=O) groups is 2. The number of nitrogens with two attached hydrogens (primary N) is 1. The molecule has 2 amide bonds. The molecular formula is C10H15N3O2. The predicted octanol–water partition coefficient (Wildman–Crippen LogP) is -0.0511. The number of carbonyl (C=O) groups excluding carboxylic acids is 2. The summed E-state index contributed by atoms with van der Waals surface area (Å²) in [5.41, 5.74) is 5.34. The van der Waals surface area contributed by atoms with Gasteiger partial charge in [-0.2, -0.15) is 4.99 Å². The molecule has 2 aliphatic rings. The van der Waals surface area contributed by atoms with Crippen molar-refractivity contribution in [1.29, 1.82) is 0 Å². The summed E-state index contributed by atoms with van der Waals surface area (Å²) in [5.74, 6) is -0.166. The number of amides is 2. The van der Waals surface area contributed by atoms with E-state index in [2.05, 4.69) is 10.3 Å². The SMILES string of the molecule is NC1C(=O)N=C(C2CCCCC2)NC1=O. The molecule has 0 bridgehead atoms. The highest BCUT2D eigenvalue weighted by Crippen LogP contribution is 2.24. The average molecular weight is 209 g/mol. The minimum absolute atomic E-state index is 0.235. The monoisotopic (exact) mass is 209 g/mol. The lowest BCUT2D eigenvalue weighted by Gasteiger charge is -2.26. The second kappa shape index (κ2) is 4.10. The molecule has 1 fully saturated rings. The van der Waals surface area contributed by atoms with Crippen molar-refractivity contribution >= 4 is 17.6 Å². The Hall–Kier alpha value is -1.23. The molecule has 1 unspecified atom stereocenters. The van der Waals surface area contributed by atoms with Gasteiger partial charge in [0.25, 0.3) is 11.8 Å². The van der Waals surface area contributed by atoms with Crippen LogP contribution in [0.1, 0.15) is 32.1 Å². The van der Waals surface area contributed by atoms with Gasteiger partial charge in [-0.25, -0.2) is 0 Å². The first-order valence-electron chi connectivity index (χ1n) is 5.37. The molecule has 3 N–H and O–H groups in total. The third-order valence-electron chi connectivity index (χ3n) is 3.02. The zero-order valence-electron chi connectivity index (χ0n) is 8.53. The smallest absolute Gasteiger partial charge is 0.273 e. The quantitative estimate of drug-likeness (QED) is 0.594. The van der Waals surface area contributed by atoms with Gasteiger partial charge in [-0.05, 0) is 12.8 Å². The zero-order valence-corrected chi connectivity index (χ0v) is 8.53.